The van der Waals surface area contributed by atoms with Crippen LogP contribution < -0.4 is 5.32 Å². The maximum atomic E-state index is 12.4. The van der Waals surface area contributed by atoms with Crippen LogP contribution in [0.4, 0.5) is 0 Å². The number of amides is 1. The number of piperazine rings is 1. The quantitative estimate of drug-likeness (QED) is 0.907. The first kappa shape index (κ1) is 15.5. The van der Waals surface area contributed by atoms with E-state index in [1.165, 1.54) is 5.56 Å². The van der Waals surface area contributed by atoms with Crippen LogP contribution in [0.25, 0.3) is 0 Å². The van der Waals surface area contributed by atoms with Crippen molar-refractivity contribution in [3.05, 3.63) is 21.9 Å². The van der Waals surface area contributed by atoms with E-state index in [-0.39, 0.29) is 18.3 Å². The summed E-state index contributed by atoms with van der Waals surface area (Å²) >= 11 is 1.57. The molecule has 1 saturated heterocycles. The van der Waals surface area contributed by atoms with Gasteiger partial charge in [-0.25, -0.2) is 0 Å². The van der Waals surface area contributed by atoms with Gasteiger partial charge in [0, 0.05) is 25.2 Å². The van der Waals surface area contributed by atoms with E-state index in [2.05, 4.69) is 32.2 Å². The van der Waals surface area contributed by atoms with Gasteiger partial charge in [0.1, 0.15) is 0 Å². The molecule has 0 bridgehead atoms. The second kappa shape index (κ2) is 6.55. The minimum absolute atomic E-state index is 0. The van der Waals surface area contributed by atoms with Crippen molar-refractivity contribution in [2.75, 3.05) is 13.1 Å². The fourth-order valence-corrected chi connectivity index (χ4v) is 3.40. The van der Waals surface area contributed by atoms with Gasteiger partial charge in [-0.2, -0.15) is 0 Å². The Hall–Kier alpha value is -0.580. The molecule has 2 unspecified atom stereocenters. The Morgan fingerprint density at radius 1 is 1.44 bits per heavy atom. The van der Waals surface area contributed by atoms with Gasteiger partial charge in [0.15, 0.2) is 0 Å². The number of aryl methyl sites for hydroxylation is 1. The number of halogens is 1. The summed E-state index contributed by atoms with van der Waals surface area (Å²) in [6.07, 6.45) is 0.932. The highest BCUT2D eigenvalue weighted by atomic mass is 35.5. The molecule has 0 aliphatic carbocycles. The molecule has 0 spiro atoms. The average molecular weight is 289 g/mol. The summed E-state index contributed by atoms with van der Waals surface area (Å²) in [5.74, 6) is 0.206. The fourth-order valence-electron chi connectivity index (χ4n) is 2.44. The Kier molecular flexibility index (Phi) is 5.63. The van der Waals surface area contributed by atoms with E-state index < -0.39 is 0 Å². The largest absolute Gasteiger partial charge is 0.335 e. The predicted molar refractivity (Wildman–Crippen MR) is 78.9 cm³/mol. The van der Waals surface area contributed by atoms with Gasteiger partial charge in [0.25, 0.3) is 5.91 Å². The number of nitrogens with one attached hydrogen (secondary N) is 1. The molecule has 5 heteroatoms. The summed E-state index contributed by atoms with van der Waals surface area (Å²) in [7, 11) is 0. The van der Waals surface area contributed by atoms with Crippen molar-refractivity contribution in [3.63, 3.8) is 0 Å². The molecule has 0 saturated carbocycles. The molecule has 2 rings (SSSR count). The number of hydrogen-bond acceptors (Lipinski definition) is 3. The van der Waals surface area contributed by atoms with Crippen LogP contribution in [0.2, 0.25) is 0 Å². The first-order valence-corrected chi connectivity index (χ1v) is 7.11. The van der Waals surface area contributed by atoms with Crippen molar-refractivity contribution in [2.24, 2.45) is 0 Å². The third-order valence-electron chi connectivity index (χ3n) is 3.17. The highest BCUT2D eigenvalue weighted by molar-refractivity contribution is 7.12. The van der Waals surface area contributed by atoms with Gasteiger partial charge in [0.05, 0.1) is 4.88 Å². The van der Waals surface area contributed by atoms with E-state index in [1.54, 1.807) is 11.3 Å². The molecule has 2 heterocycles. The molecular formula is C13H21ClN2OS. The predicted octanol–water partition coefficient (Wildman–Crippen LogP) is 2.55. The normalized spacial score (nSPS) is 23.6. The highest BCUT2D eigenvalue weighted by Crippen LogP contribution is 2.20. The summed E-state index contributed by atoms with van der Waals surface area (Å²) in [5.41, 5.74) is 1.18. The van der Waals surface area contributed by atoms with E-state index in [4.69, 9.17) is 0 Å². The van der Waals surface area contributed by atoms with Gasteiger partial charge in [-0.15, -0.1) is 23.7 Å². The maximum Gasteiger partial charge on any atom is 0.264 e. The van der Waals surface area contributed by atoms with Crippen LogP contribution >= 0.6 is 23.7 Å². The van der Waals surface area contributed by atoms with Crippen molar-refractivity contribution in [1.82, 2.24) is 10.2 Å². The van der Waals surface area contributed by atoms with Crippen LogP contribution in [-0.4, -0.2) is 36.0 Å². The summed E-state index contributed by atoms with van der Waals surface area (Å²) in [6.45, 7) is 7.98. The summed E-state index contributed by atoms with van der Waals surface area (Å²) in [6, 6.07) is 2.83. The van der Waals surface area contributed by atoms with Crippen LogP contribution in [0, 0.1) is 0 Å². The zero-order valence-electron chi connectivity index (χ0n) is 11.1. The Morgan fingerprint density at radius 3 is 2.61 bits per heavy atom. The number of nitrogens with zero attached hydrogens (tertiary/aromatic N) is 1. The zero-order valence-corrected chi connectivity index (χ0v) is 12.7. The molecule has 1 aromatic rings. The first-order valence-electron chi connectivity index (χ1n) is 6.23. The molecule has 1 N–H and O–H groups in total. The van der Waals surface area contributed by atoms with Gasteiger partial charge in [-0.3, -0.25) is 4.79 Å². The topological polar surface area (TPSA) is 32.3 Å². The molecule has 1 fully saturated rings. The lowest BCUT2D eigenvalue weighted by Crippen LogP contribution is -2.55. The average Bonchev–Trinajstić information content (AvgIpc) is 2.74. The fraction of sp³-hybridized carbons (Fsp3) is 0.615. The molecule has 3 nitrogen and oxygen atoms in total. The Balaban J connectivity index is 0.00000162. The third-order valence-corrected chi connectivity index (χ3v) is 4.11. The number of thiophene rings is 1. The molecular weight excluding hydrogens is 268 g/mol. The van der Waals surface area contributed by atoms with E-state index in [9.17, 15) is 4.79 Å². The second-order valence-electron chi connectivity index (χ2n) is 4.81. The number of carbonyl (C=O) groups is 1. The van der Waals surface area contributed by atoms with Crippen molar-refractivity contribution < 1.29 is 4.79 Å². The lowest BCUT2D eigenvalue weighted by Gasteiger charge is -2.36. The van der Waals surface area contributed by atoms with Crippen LogP contribution in [-0.2, 0) is 6.42 Å². The highest BCUT2D eigenvalue weighted by Gasteiger charge is 2.27. The van der Waals surface area contributed by atoms with E-state index in [1.807, 2.05) is 10.3 Å². The first-order chi connectivity index (χ1) is 8.11. The molecule has 1 aromatic heterocycles. The molecule has 1 aliphatic heterocycles. The maximum absolute atomic E-state index is 12.4. The molecule has 1 aliphatic rings. The van der Waals surface area contributed by atoms with Gasteiger partial charge in [-0.1, -0.05) is 6.92 Å². The number of rotatable bonds is 2. The van der Waals surface area contributed by atoms with Gasteiger partial charge >= 0.3 is 0 Å². The molecule has 18 heavy (non-hydrogen) atoms. The van der Waals surface area contributed by atoms with Crippen LogP contribution in [0.3, 0.4) is 0 Å². The minimum Gasteiger partial charge on any atom is -0.335 e. The van der Waals surface area contributed by atoms with Crippen LogP contribution in [0.5, 0.6) is 0 Å². The van der Waals surface area contributed by atoms with Crippen molar-refractivity contribution >= 4 is 29.7 Å². The standard InChI is InChI=1S/C13H20N2OS.ClH/c1-4-11-5-6-17-12(11)13(16)15-7-9(2)14-10(3)8-15;/h5-6,9-10,14H,4,7-8H2,1-3H3;1H. The van der Waals surface area contributed by atoms with Crippen molar-refractivity contribution in [1.29, 1.82) is 0 Å². The summed E-state index contributed by atoms with van der Waals surface area (Å²) in [5, 5.41) is 5.46. The van der Waals surface area contributed by atoms with Crippen molar-refractivity contribution in [3.8, 4) is 0 Å². The van der Waals surface area contributed by atoms with E-state index in [0.717, 1.165) is 24.4 Å². The minimum atomic E-state index is 0. The molecule has 102 valence electrons. The Labute approximate surface area is 119 Å². The van der Waals surface area contributed by atoms with E-state index in [0.29, 0.717) is 12.1 Å². The second-order valence-corrected chi connectivity index (χ2v) is 5.72. The lowest BCUT2D eigenvalue weighted by molar-refractivity contribution is 0.0678. The number of carbonyl (C=O) groups excluding carboxylic acids is 1. The van der Waals surface area contributed by atoms with E-state index >= 15 is 0 Å². The SMILES string of the molecule is CCc1ccsc1C(=O)N1CC(C)NC(C)C1.Cl. The monoisotopic (exact) mass is 288 g/mol. The lowest BCUT2D eigenvalue weighted by atomic mass is 10.1. The molecule has 2 atom stereocenters. The zero-order chi connectivity index (χ0) is 12.4. The Morgan fingerprint density at radius 2 is 2.06 bits per heavy atom. The van der Waals surface area contributed by atoms with Crippen molar-refractivity contribution in [2.45, 2.75) is 39.3 Å². The summed E-state index contributed by atoms with van der Waals surface area (Å²) < 4.78 is 0. The molecule has 0 aromatic carbocycles. The summed E-state index contributed by atoms with van der Waals surface area (Å²) in [4.78, 5) is 15.3. The smallest absolute Gasteiger partial charge is 0.264 e. The number of hydrogen-bond donors (Lipinski definition) is 1. The van der Waals surface area contributed by atoms with Gasteiger partial charge in [0.2, 0.25) is 0 Å². The molecule has 1 amide bonds. The van der Waals surface area contributed by atoms with Gasteiger partial charge in [-0.05, 0) is 37.3 Å². The van der Waals surface area contributed by atoms with Gasteiger partial charge < -0.3 is 10.2 Å². The van der Waals surface area contributed by atoms with Crippen LogP contribution in [0.15, 0.2) is 11.4 Å². The molecule has 0 radical (unpaired) electrons. The van der Waals surface area contributed by atoms with Crippen LogP contribution in [0.1, 0.15) is 36.0 Å². The third kappa shape index (κ3) is 3.25. The Bertz CT molecular complexity index is 397.